The molecule has 3 rings (SSSR count). The fourth-order valence-electron chi connectivity index (χ4n) is 4.52. The van der Waals surface area contributed by atoms with Crippen molar-refractivity contribution in [1.29, 1.82) is 0 Å². The molecule has 0 bridgehead atoms. The maximum Gasteiger partial charge on any atom is 0.277 e. The Morgan fingerprint density at radius 2 is 1.45 bits per heavy atom. The molecule has 0 radical (unpaired) electrons. The van der Waals surface area contributed by atoms with E-state index < -0.39 is 5.92 Å². The van der Waals surface area contributed by atoms with Crippen LogP contribution in [0.4, 0.5) is 8.78 Å². The second-order valence-electron chi connectivity index (χ2n) is 9.01. The molecule has 170 valence electrons. The van der Waals surface area contributed by atoms with Gasteiger partial charge in [-0.3, -0.25) is 0 Å². The molecule has 0 fully saturated rings. The van der Waals surface area contributed by atoms with Gasteiger partial charge in [0.1, 0.15) is 5.75 Å². The summed E-state index contributed by atoms with van der Waals surface area (Å²) >= 11 is 0. The number of benzene rings is 2. The molecule has 0 saturated carbocycles. The van der Waals surface area contributed by atoms with Gasteiger partial charge in [-0.1, -0.05) is 83.4 Å². The van der Waals surface area contributed by atoms with E-state index in [0.29, 0.717) is 23.5 Å². The molecular formula is C28H38F2O. The van der Waals surface area contributed by atoms with Crippen LogP contribution in [0, 0.1) is 0 Å². The molecule has 0 saturated heterocycles. The van der Waals surface area contributed by atoms with Gasteiger partial charge in [-0.2, -0.15) is 0 Å². The highest BCUT2D eigenvalue weighted by atomic mass is 19.3. The number of hydrogen-bond acceptors (Lipinski definition) is 1. The molecule has 0 amide bonds. The molecule has 0 aliphatic heterocycles. The van der Waals surface area contributed by atoms with E-state index in [2.05, 4.69) is 13.8 Å². The van der Waals surface area contributed by atoms with Crippen molar-refractivity contribution in [2.75, 3.05) is 6.61 Å². The van der Waals surface area contributed by atoms with Crippen molar-refractivity contribution >= 4 is 0 Å². The first-order valence-corrected chi connectivity index (χ1v) is 12.3. The Kier molecular flexibility index (Phi) is 8.92. The van der Waals surface area contributed by atoms with E-state index in [-0.39, 0.29) is 12.0 Å². The Labute approximate surface area is 187 Å². The third kappa shape index (κ3) is 6.54. The molecule has 0 aromatic heterocycles. The van der Waals surface area contributed by atoms with Crippen LogP contribution in [0.1, 0.15) is 94.7 Å². The maximum atomic E-state index is 15.1. The third-order valence-corrected chi connectivity index (χ3v) is 6.34. The minimum atomic E-state index is -2.83. The SMILES string of the molecule is CCCCCCCCc1ccc2c(c1)C(F)(F)Cc1cc(OCCCCCC)ccc1-2. The summed E-state index contributed by atoms with van der Waals surface area (Å²) in [4.78, 5) is 0. The molecule has 0 spiro atoms. The van der Waals surface area contributed by atoms with Crippen molar-refractivity contribution < 1.29 is 13.5 Å². The highest BCUT2D eigenvalue weighted by molar-refractivity contribution is 5.75. The van der Waals surface area contributed by atoms with Gasteiger partial charge in [-0.15, -0.1) is 0 Å². The van der Waals surface area contributed by atoms with Gasteiger partial charge in [0.05, 0.1) is 6.61 Å². The Hall–Kier alpha value is -1.90. The van der Waals surface area contributed by atoms with Crippen molar-refractivity contribution in [2.45, 2.75) is 96.8 Å². The molecule has 1 nitrogen and oxygen atoms in total. The molecule has 2 aromatic carbocycles. The van der Waals surface area contributed by atoms with Crippen molar-refractivity contribution in [3.8, 4) is 16.9 Å². The zero-order valence-corrected chi connectivity index (χ0v) is 19.3. The lowest BCUT2D eigenvalue weighted by Crippen LogP contribution is -2.23. The number of rotatable bonds is 13. The quantitative estimate of drug-likeness (QED) is 0.289. The van der Waals surface area contributed by atoms with Crippen molar-refractivity contribution in [3.63, 3.8) is 0 Å². The highest BCUT2D eigenvalue weighted by Gasteiger charge is 2.39. The Bertz CT molecular complexity index is 828. The lowest BCUT2D eigenvalue weighted by molar-refractivity contribution is -0.00491. The van der Waals surface area contributed by atoms with E-state index in [9.17, 15) is 0 Å². The van der Waals surface area contributed by atoms with E-state index >= 15 is 8.78 Å². The summed E-state index contributed by atoms with van der Waals surface area (Å²) in [6.45, 7) is 5.04. The van der Waals surface area contributed by atoms with Gasteiger partial charge < -0.3 is 4.74 Å². The molecular weight excluding hydrogens is 390 g/mol. The van der Waals surface area contributed by atoms with Crippen LogP contribution in [-0.2, 0) is 18.8 Å². The average Bonchev–Trinajstić information content (AvgIpc) is 2.75. The van der Waals surface area contributed by atoms with Crippen molar-refractivity contribution in [3.05, 3.63) is 53.1 Å². The zero-order chi connectivity index (χ0) is 22.1. The minimum absolute atomic E-state index is 0.191. The lowest BCUT2D eigenvalue weighted by atomic mass is 9.82. The largest absolute Gasteiger partial charge is 0.494 e. The second-order valence-corrected chi connectivity index (χ2v) is 9.01. The summed E-state index contributed by atoms with van der Waals surface area (Å²) in [5.41, 5.74) is 3.51. The van der Waals surface area contributed by atoms with Crippen LogP contribution in [0.5, 0.6) is 5.75 Å². The molecule has 0 N–H and O–H groups in total. The highest BCUT2D eigenvalue weighted by Crippen LogP contribution is 2.46. The van der Waals surface area contributed by atoms with Gasteiger partial charge in [-0.05, 0) is 59.7 Å². The van der Waals surface area contributed by atoms with E-state index in [0.717, 1.165) is 36.8 Å². The number of halogens is 2. The summed E-state index contributed by atoms with van der Waals surface area (Å²) in [7, 11) is 0. The van der Waals surface area contributed by atoms with Gasteiger partial charge in [0.15, 0.2) is 0 Å². The molecule has 1 aliphatic carbocycles. The van der Waals surface area contributed by atoms with Crippen LogP contribution in [-0.4, -0.2) is 6.61 Å². The molecule has 1 aliphatic rings. The van der Waals surface area contributed by atoms with E-state index in [4.69, 9.17) is 4.74 Å². The van der Waals surface area contributed by atoms with Gasteiger partial charge in [0.25, 0.3) is 5.92 Å². The third-order valence-electron chi connectivity index (χ3n) is 6.34. The van der Waals surface area contributed by atoms with Crippen molar-refractivity contribution in [1.82, 2.24) is 0 Å². The van der Waals surface area contributed by atoms with E-state index in [1.807, 2.05) is 30.3 Å². The fraction of sp³-hybridized carbons (Fsp3) is 0.571. The first-order chi connectivity index (χ1) is 15.0. The van der Waals surface area contributed by atoms with Crippen molar-refractivity contribution in [2.24, 2.45) is 0 Å². The molecule has 0 heterocycles. The lowest BCUT2D eigenvalue weighted by Gasteiger charge is -2.28. The predicted octanol–water partition coefficient (Wildman–Crippen LogP) is 8.86. The topological polar surface area (TPSA) is 9.23 Å². The first kappa shape index (κ1) is 23.8. The number of alkyl halides is 2. The van der Waals surface area contributed by atoms with Crippen LogP contribution in [0.25, 0.3) is 11.1 Å². The van der Waals surface area contributed by atoms with E-state index in [1.54, 1.807) is 6.07 Å². The maximum absolute atomic E-state index is 15.1. The van der Waals surface area contributed by atoms with Crippen LogP contribution in [0.3, 0.4) is 0 Å². The molecule has 0 unspecified atom stereocenters. The summed E-state index contributed by atoms with van der Waals surface area (Å²) in [5.74, 6) is -2.13. The monoisotopic (exact) mass is 428 g/mol. The summed E-state index contributed by atoms with van der Waals surface area (Å²) in [5, 5.41) is 0. The van der Waals surface area contributed by atoms with Crippen LogP contribution in [0.2, 0.25) is 0 Å². The first-order valence-electron chi connectivity index (χ1n) is 12.3. The van der Waals surface area contributed by atoms with Gasteiger partial charge >= 0.3 is 0 Å². The average molecular weight is 429 g/mol. The van der Waals surface area contributed by atoms with Gasteiger partial charge in [-0.25, -0.2) is 8.78 Å². The van der Waals surface area contributed by atoms with Gasteiger partial charge in [0.2, 0.25) is 0 Å². The van der Waals surface area contributed by atoms with Crippen LogP contribution in [0.15, 0.2) is 36.4 Å². The molecule has 2 aromatic rings. The predicted molar refractivity (Wildman–Crippen MR) is 126 cm³/mol. The summed E-state index contributed by atoms with van der Waals surface area (Å²) in [6.07, 6.45) is 12.5. The number of ether oxygens (including phenoxy) is 1. The normalized spacial score (nSPS) is 14.2. The van der Waals surface area contributed by atoms with Gasteiger partial charge in [0, 0.05) is 12.0 Å². The molecule has 0 atom stereocenters. The Balaban J connectivity index is 1.67. The standard InChI is InChI=1S/C28H38F2O/c1-3-5-7-9-10-11-13-22-14-16-26-25-17-15-24(31-18-12-8-6-4-2)20-23(25)21-28(29,30)27(26)19-22/h14-17,19-20H,3-13,18,21H2,1-2H3. The Morgan fingerprint density at radius 1 is 0.774 bits per heavy atom. The minimum Gasteiger partial charge on any atom is -0.494 e. The summed E-state index contributed by atoms with van der Waals surface area (Å²) < 4.78 is 36.0. The molecule has 31 heavy (non-hydrogen) atoms. The second kappa shape index (κ2) is 11.6. The van der Waals surface area contributed by atoms with Crippen LogP contribution < -0.4 is 4.74 Å². The van der Waals surface area contributed by atoms with Crippen LogP contribution >= 0.6 is 0 Å². The number of aryl methyl sites for hydroxylation is 1. The summed E-state index contributed by atoms with van der Waals surface area (Å²) in [6, 6.07) is 11.4. The van der Waals surface area contributed by atoms with E-state index in [1.165, 1.54) is 44.9 Å². The number of fused-ring (bicyclic) bond motifs is 3. The Morgan fingerprint density at radius 3 is 2.23 bits per heavy atom. The number of hydrogen-bond donors (Lipinski definition) is 0. The smallest absolute Gasteiger partial charge is 0.277 e. The fourth-order valence-corrected chi connectivity index (χ4v) is 4.52. The molecule has 3 heteroatoms. The zero-order valence-electron chi connectivity index (χ0n) is 19.3. The number of unbranched alkanes of at least 4 members (excludes halogenated alkanes) is 8.